The normalized spacial score (nSPS) is 11.7. The third-order valence-electron chi connectivity index (χ3n) is 2.53. The van der Waals surface area contributed by atoms with Gasteiger partial charge in [0.25, 0.3) is 0 Å². The number of amides is 2. The van der Waals surface area contributed by atoms with E-state index in [4.69, 9.17) is 10.2 Å². The van der Waals surface area contributed by atoms with Gasteiger partial charge in [-0.2, -0.15) is 0 Å². The Bertz CT molecular complexity index is 424. The van der Waals surface area contributed by atoms with E-state index >= 15 is 0 Å². The van der Waals surface area contributed by atoms with Gasteiger partial charge in [0.1, 0.15) is 0 Å². The van der Waals surface area contributed by atoms with E-state index in [9.17, 15) is 9.59 Å². The zero-order valence-corrected chi connectivity index (χ0v) is 10.6. The number of hydrogen-bond donors (Lipinski definition) is 3. The van der Waals surface area contributed by atoms with Crippen molar-refractivity contribution in [1.82, 2.24) is 15.2 Å². The largest absolute Gasteiger partial charge is 0.480 e. The summed E-state index contributed by atoms with van der Waals surface area (Å²) in [5.74, 6) is -1.27. The maximum absolute atomic E-state index is 11.9. The number of pyridine rings is 1. The molecule has 0 aliphatic heterocycles. The number of carbonyl (C=O) groups is 2. The van der Waals surface area contributed by atoms with E-state index in [1.807, 2.05) is 6.07 Å². The molecule has 0 fully saturated rings. The van der Waals surface area contributed by atoms with Gasteiger partial charge >= 0.3 is 12.0 Å². The first-order valence-electron chi connectivity index (χ1n) is 5.87. The Balaban J connectivity index is 2.64. The third kappa shape index (κ3) is 4.55. The Labute approximate surface area is 110 Å². The number of carbonyl (C=O) groups excluding carboxylic acids is 1. The quantitative estimate of drug-likeness (QED) is 0.676. The molecular weight excluding hydrogens is 250 g/mol. The fourth-order valence-electron chi connectivity index (χ4n) is 1.44. The fourth-order valence-corrected chi connectivity index (χ4v) is 1.44. The summed E-state index contributed by atoms with van der Waals surface area (Å²) in [7, 11) is 0. The zero-order chi connectivity index (χ0) is 14.3. The molecule has 0 saturated carbocycles. The predicted octanol–water partition coefficient (Wildman–Crippen LogP) is 0.0586. The lowest BCUT2D eigenvalue weighted by molar-refractivity contribution is -0.140. The minimum Gasteiger partial charge on any atom is -0.480 e. The minimum absolute atomic E-state index is 0.279. The summed E-state index contributed by atoms with van der Waals surface area (Å²) in [5.41, 5.74) is 0.704. The van der Waals surface area contributed by atoms with E-state index in [0.29, 0.717) is 12.2 Å². The van der Waals surface area contributed by atoms with Crippen LogP contribution in [0.3, 0.4) is 0 Å². The van der Waals surface area contributed by atoms with Gasteiger partial charge in [-0.15, -0.1) is 0 Å². The van der Waals surface area contributed by atoms with Crippen molar-refractivity contribution < 1.29 is 19.8 Å². The molecule has 1 heterocycles. The minimum atomic E-state index is -1.30. The molecule has 1 atom stereocenters. The highest BCUT2D eigenvalue weighted by atomic mass is 16.4. The molecule has 7 heteroatoms. The number of nitrogens with zero attached hydrogens (tertiary/aromatic N) is 2. The Kier molecular flexibility index (Phi) is 5.74. The fraction of sp³-hybridized carbons (Fsp3) is 0.417. The van der Waals surface area contributed by atoms with E-state index < -0.39 is 24.6 Å². The van der Waals surface area contributed by atoms with Crippen LogP contribution in [0.25, 0.3) is 0 Å². The van der Waals surface area contributed by atoms with Gasteiger partial charge in [-0.1, -0.05) is 6.07 Å². The van der Waals surface area contributed by atoms with Crippen molar-refractivity contribution in [3.63, 3.8) is 0 Å². The Morgan fingerprint density at radius 1 is 1.47 bits per heavy atom. The lowest BCUT2D eigenvalue weighted by Crippen LogP contribution is -2.49. The number of urea groups is 1. The van der Waals surface area contributed by atoms with Crippen LogP contribution in [0.5, 0.6) is 0 Å². The van der Waals surface area contributed by atoms with Crippen LogP contribution in [0.1, 0.15) is 12.6 Å². The first kappa shape index (κ1) is 14.9. The van der Waals surface area contributed by atoms with Gasteiger partial charge in [0.05, 0.1) is 18.8 Å². The average Bonchev–Trinajstić information content (AvgIpc) is 2.42. The molecule has 0 saturated heterocycles. The van der Waals surface area contributed by atoms with Crippen LogP contribution in [0.15, 0.2) is 24.4 Å². The van der Waals surface area contributed by atoms with Crippen molar-refractivity contribution in [2.24, 2.45) is 0 Å². The van der Waals surface area contributed by atoms with Crippen LogP contribution in [0.2, 0.25) is 0 Å². The summed E-state index contributed by atoms with van der Waals surface area (Å²) < 4.78 is 0. The third-order valence-corrected chi connectivity index (χ3v) is 2.53. The predicted molar refractivity (Wildman–Crippen MR) is 67.4 cm³/mol. The molecule has 0 aliphatic rings. The van der Waals surface area contributed by atoms with E-state index in [1.165, 1.54) is 4.90 Å². The molecule has 0 unspecified atom stereocenters. The number of hydrogen-bond acceptors (Lipinski definition) is 4. The molecule has 2 amide bonds. The number of rotatable bonds is 6. The number of aromatic nitrogens is 1. The lowest BCUT2D eigenvalue weighted by Gasteiger charge is -2.22. The first-order chi connectivity index (χ1) is 9.08. The van der Waals surface area contributed by atoms with Crippen LogP contribution >= 0.6 is 0 Å². The van der Waals surface area contributed by atoms with Gasteiger partial charge < -0.3 is 20.4 Å². The van der Waals surface area contributed by atoms with Crippen LogP contribution in [0.4, 0.5) is 4.79 Å². The number of aliphatic hydroxyl groups excluding tert-OH is 1. The Morgan fingerprint density at radius 2 is 2.21 bits per heavy atom. The van der Waals surface area contributed by atoms with Gasteiger partial charge in [0.2, 0.25) is 0 Å². The molecule has 1 aromatic rings. The highest BCUT2D eigenvalue weighted by Gasteiger charge is 2.21. The maximum Gasteiger partial charge on any atom is 0.328 e. The summed E-state index contributed by atoms with van der Waals surface area (Å²) in [6.45, 7) is 1.81. The molecule has 3 N–H and O–H groups in total. The van der Waals surface area contributed by atoms with Crippen LogP contribution in [-0.2, 0) is 11.3 Å². The summed E-state index contributed by atoms with van der Waals surface area (Å²) in [5, 5.41) is 19.9. The molecule has 1 aromatic heterocycles. The van der Waals surface area contributed by atoms with Gasteiger partial charge in [-0.05, 0) is 19.1 Å². The Hall–Kier alpha value is -2.15. The van der Waals surface area contributed by atoms with Crippen LogP contribution < -0.4 is 5.32 Å². The molecule has 19 heavy (non-hydrogen) atoms. The number of carboxylic acid groups (broad SMARTS) is 1. The van der Waals surface area contributed by atoms with Gasteiger partial charge in [0.15, 0.2) is 6.04 Å². The molecule has 0 aromatic carbocycles. The van der Waals surface area contributed by atoms with Crippen molar-refractivity contribution >= 4 is 12.0 Å². The smallest absolute Gasteiger partial charge is 0.328 e. The van der Waals surface area contributed by atoms with Crippen LogP contribution in [0, 0.1) is 0 Å². The highest BCUT2D eigenvalue weighted by molar-refractivity contribution is 5.82. The number of nitrogens with one attached hydrogen (secondary N) is 1. The van der Waals surface area contributed by atoms with Crippen molar-refractivity contribution in [1.29, 1.82) is 0 Å². The average molecular weight is 267 g/mol. The zero-order valence-electron chi connectivity index (χ0n) is 10.6. The van der Waals surface area contributed by atoms with Crippen molar-refractivity contribution in [2.75, 3.05) is 13.2 Å². The maximum atomic E-state index is 11.9. The second kappa shape index (κ2) is 7.32. The molecule has 0 spiro atoms. The molecule has 7 nitrogen and oxygen atoms in total. The molecule has 1 rings (SSSR count). The monoisotopic (exact) mass is 267 g/mol. The van der Waals surface area contributed by atoms with Crippen molar-refractivity contribution in [2.45, 2.75) is 19.5 Å². The van der Waals surface area contributed by atoms with E-state index in [-0.39, 0.29) is 6.54 Å². The van der Waals surface area contributed by atoms with E-state index in [1.54, 1.807) is 25.3 Å². The number of aliphatic carboxylic acids is 1. The number of carboxylic acids is 1. The van der Waals surface area contributed by atoms with E-state index in [2.05, 4.69) is 10.3 Å². The van der Waals surface area contributed by atoms with E-state index in [0.717, 1.165) is 0 Å². The van der Waals surface area contributed by atoms with Crippen molar-refractivity contribution in [3.05, 3.63) is 30.1 Å². The second-order valence-corrected chi connectivity index (χ2v) is 3.86. The highest BCUT2D eigenvalue weighted by Crippen LogP contribution is 2.01. The topological polar surface area (TPSA) is 103 Å². The molecule has 0 bridgehead atoms. The molecular formula is C12H17N3O4. The summed E-state index contributed by atoms with van der Waals surface area (Å²) >= 11 is 0. The van der Waals surface area contributed by atoms with Gasteiger partial charge in [-0.3, -0.25) is 4.98 Å². The van der Waals surface area contributed by atoms with Crippen molar-refractivity contribution in [3.8, 4) is 0 Å². The van der Waals surface area contributed by atoms with Gasteiger partial charge in [-0.25, -0.2) is 9.59 Å². The Morgan fingerprint density at radius 3 is 2.68 bits per heavy atom. The molecule has 0 radical (unpaired) electrons. The molecule has 104 valence electrons. The number of aliphatic hydroxyl groups is 1. The van der Waals surface area contributed by atoms with Crippen LogP contribution in [-0.4, -0.2) is 51.3 Å². The summed E-state index contributed by atoms with van der Waals surface area (Å²) in [6, 6.07) is 3.50. The SMILES string of the molecule is CCN(Cc1ccccn1)C(=O)N[C@@H](CO)C(=O)O. The second-order valence-electron chi connectivity index (χ2n) is 3.86. The summed E-state index contributed by atoms with van der Waals surface area (Å²) in [4.78, 5) is 28.1. The standard InChI is InChI=1S/C12H17N3O4/c1-2-15(7-9-5-3-4-6-13-9)12(19)14-10(8-16)11(17)18/h3-6,10,16H,2,7-8H2,1H3,(H,14,19)(H,17,18)/t10-/m0/s1. The lowest BCUT2D eigenvalue weighted by atomic mass is 10.3. The summed E-state index contributed by atoms with van der Waals surface area (Å²) in [6.07, 6.45) is 1.62. The molecule has 0 aliphatic carbocycles. The van der Waals surface area contributed by atoms with Gasteiger partial charge in [0, 0.05) is 12.7 Å². The first-order valence-corrected chi connectivity index (χ1v) is 5.87.